The van der Waals surface area contributed by atoms with E-state index < -0.39 is 22.0 Å². The molecule has 0 saturated heterocycles. The summed E-state index contributed by atoms with van der Waals surface area (Å²) < 4.78 is 39.4. The molecule has 0 radical (unpaired) electrons. The van der Waals surface area contributed by atoms with Crippen LogP contribution in [0.15, 0.2) is 71.6 Å². The maximum absolute atomic E-state index is 13.5. The van der Waals surface area contributed by atoms with E-state index in [1.165, 1.54) is 4.31 Å². The third-order valence-corrected chi connectivity index (χ3v) is 7.19. The van der Waals surface area contributed by atoms with Crippen molar-refractivity contribution in [2.24, 2.45) is 0 Å². The van der Waals surface area contributed by atoms with E-state index in [2.05, 4.69) is 5.32 Å². The molecule has 33 heavy (non-hydrogen) atoms. The maximum atomic E-state index is 13.5. The predicted molar refractivity (Wildman–Crippen MR) is 127 cm³/mol. The Morgan fingerprint density at radius 1 is 1.06 bits per heavy atom. The number of nitrogens with one attached hydrogen (secondary N) is 1. The van der Waals surface area contributed by atoms with Crippen LogP contribution in [0.25, 0.3) is 0 Å². The molecule has 0 aliphatic carbocycles. The van der Waals surface area contributed by atoms with Crippen LogP contribution in [0.1, 0.15) is 16.7 Å². The molecule has 3 aromatic rings. The fourth-order valence-corrected chi connectivity index (χ4v) is 5.17. The number of rotatable bonds is 6. The van der Waals surface area contributed by atoms with Gasteiger partial charge in [0.2, 0.25) is 0 Å². The Bertz CT molecular complexity index is 1270. The fraction of sp³-hybridized carbons (Fsp3) is 0.240. The monoisotopic (exact) mass is 466 g/mol. The third kappa shape index (κ3) is 4.86. The van der Waals surface area contributed by atoms with Gasteiger partial charge in [-0.1, -0.05) is 35.9 Å². The van der Waals surface area contributed by atoms with Crippen LogP contribution in [0.3, 0.4) is 0 Å². The average Bonchev–Trinajstić information content (AvgIpc) is 2.79. The molecule has 1 amide bonds. The minimum atomic E-state index is -3.90. The zero-order valence-corrected chi connectivity index (χ0v) is 19.6. The highest BCUT2D eigenvalue weighted by atomic mass is 32.2. The maximum Gasteiger partial charge on any atom is 0.267 e. The van der Waals surface area contributed by atoms with Gasteiger partial charge in [0.1, 0.15) is 5.75 Å². The van der Waals surface area contributed by atoms with E-state index in [9.17, 15) is 13.2 Å². The first kappa shape index (κ1) is 22.8. The number of nitrogens with zero attached hydrogens (tertiary/aromatic N) is 1. The summed E-state index contributed by atoms with van der Waals surface area (Å²) in [6.45, 7) is 4.05. The molecule has 0 fully saturated rings. The Morgan fingerprint density at radius 3 is 2.52 bits per heavy atom. The number of anilines is 2. The first-order valence-electron chi connectivity index (χ1n) is 10.5. The average molecular weight is 467 g/mol. The second kappa shape index (κ2) is 9.25. The van der Waals surface area contributed by atoms with Crippen molar-refractivity contribution in [1.82, 2.24) is 0 Å². The van der Waals surface area contributed by atoms with Gasteiger partial charge in [-0.2, -0.15) is 0 Å². The van der Waals surface area contributed by atoms with Gasteiger partial charge in [-0.3, -0.25) is 9.10 Å². The van der Waals surface area contributed by atoms with Crippen LogP contribution in [0.2, 0.25) is 0 Å². The van der Waals surface area contributed by atoms with E-state index in [1.54, 1.807) is 49.6 Å². The number of hydrogen-bond acceptors (Lipinski definition) is 5. The molecule has 1 aliphatic rings. The van der Waals surface area contributed by atoms with Crippen LogP contribution >= 0.6 is 0 Å². The Hall–Kier alpha value is -3.36. The van der Waals surface area contributed by atoms with E-state index in [4.69, 9.17) is 9.47 Å². The molecule has 1 N–H and O–H groups in total. The van der Waals surface area contributed by atoms with E-state index in [1.807, 2.05) is 38.1 Å². The number of carbonyl (C=O) groups is 1. The van der Waals surface area contributed by atoms with Gasteiger partial charge < -0.3 is 14.8 Å². The number of amides is 1. The lowest BCUT2D eigenvalue weighted by Crippen LogP contribution is -2.48. The molecule has 4 rings (SSSR count). The van der Waals surface area contributed by atoms with Crippen molar-refractivity contribution in [3.05, 3.63) is 83.4 Å². The Balaban J connectivity index is 1.65. The number of sulfonamides is 1. The van der Waals surface area contributed by atoms with Crippen molar-refractivity contribution in [3.63, 3.8) is 0 Å². The molecule has 0 aromatic heterocycles. The normalized spacial score (nSPS) is 15.5. The molecule has 0 bridgehead atoms. The standard InChI is InChI=1S/C25H26N2O5S/c1-17-7-10-21(11-8-17)33(29,30)27-15-24(32-23-13-18(2)9-12-22(23)27)25(28)26-20-6-4-5-19(14-20)16-31-3/h4-14,24H,15-16H2,1-3H3,(H,26,28). The van der Waals surface area contributed by atoms with Crippen molar-refractivity contribution >= 4 is 27.3 Å². The number of carbonyl (C=O) groups excluding carboxylic acids is 1. The Labute approximate surface area is 194 Å². The van der Waals surface area contributed by atoms with Crippen LogP contribution in [0, 0.1) is 13.8 Å². The Morgan fingerprint density at radius 2 is 1.79 bits per heavy atom. The van der Waals surface area contributed by atoms with E-state index in [0.29, 0.717) is 23.7 Å². The number of hydrogen-bond donors (Lipinski definition) is 1. The van der Waals surface area contributed by atoms with Gasteiger partial charge in [0.25, 0.3) is 15.9 Å². The second-order valence-electron chi connectivity index (χ2n) is 8.05. The lowest BCUT2D eigenvalue weighted by molar-refractivity contribution is -0.122. The largest absolute Gasteiger partial charge is 0.476 e. The summed E-state index contributed by atoms with van der Waals surface area (Å²) in [6.07, 6.45) is -1.02. The zero-order chi connectivity index (χ0) is 23.6. The van der Waals surface area contributed by atoms with Gasteiger partial charge in [-0.15, -0.1) is 0 Å². The zero-order valence-electron chi connectivity index (χ0n) is 18.7. The number of methoxy groups -OCH3 is 1. The molecule has 1 unspecified atom stereocenters. The SMILES string of the molecule is COCc1cccc(NC(=O)C2CN(S(=O)(=O)c3ccc(C)cc3)c3ccc(C)cc3O2)c1. The highest BCUT2D eigenvalue weighted by molar-refractivity contribution is 7.92. The first-order chi connectivity index (χ1) is 15.8. The van der Waals surface area contributed by atoms with Crippen molar-refractivity contribution in [1.29, 1.82) is 0 Å². The highest BCUT2D eigenvalue weighted by Gasteiger charge is 2.37. The number of benzene rings is 3. The van der Waals surface area contributed by atoms with Gasteiger partial charge >= 0.3 is 0 Å². The highest BCUT2D eigenvalue weighted by Crippen LogP contribution is 2.38. The van der Waals surface area contributed by atoms with Crippen LogP contribution in [-0.4, -0.2) is 34.1 Å². The number of fused-ring (bicyclic) bond motifs is 1. The van der Waals surface area contributed by atoms with Crippen molar-refractivity contribution in [2.75, 3.05) is 23.3 Å². The summed E-state index contributed by atoms with van der Waals surface area (Å²) in [7, 11) is -2.30. The molecule has 8 heteroatoms. The van der Waals surface area contributed by atoms with E-state index >= 15 is 0 Å². The molecular weight excluding hydrogens is 440 g/mol. The molecule has 172 valence electrons. The lowest BCUT2D eigenvalue weighted by atomic mass is 10.1. The van der Waals surface area contributed by atoms with Gasteiger partial charge in [0.05, 0.1) is 23.7 Å². The lowest BCUT2D eigenvalue weighted by Gasteiger charge is -2.35. The van der Waals surface area contributed by atoms with Crippen LogP contribution in [0.4, 0.5) is 11.4 Å². The quantitative estimate of drug-likeness (QED) is 0.593. The van der Waals surface area contributed by atoms with Gasteiger partial charge in [-0.25, -0.2) is 8.42 Å². The fourth-order valence-electron chi connectivity index (χ4n) is 3.69. The van der Waals surface area contributed by atoms with Gasteiger partial charge in [0, 0.05) is 12.8 Å². The van der Waals surface area contributed by atoms with Gasteiger partial charge in [0.15, 0.2) is 6.10 Å². The molecule has 0 saturated carbocycles. The molecule has 1 aliphatic heterocycles. The van der Waals surface area contributed by atoms with Crippen LogP contribution < -0.4 is 14.4 Å². The van der Waals surface area contributed by atoms with E-state index in [-0.39, 0.29) is 11.4 Å². The van der Waals surface area contributed by atoms with Crippen molar-refractivity contribution < 1.29 is 22.7 Å². The van der Waals surface area contributed by atoms with E-state index in [0.717, 1.165) is 16.7 Å². The molecule has 1 atom stereocenters. The molecule has 3 aromatic carbocycles. The molecular formula is C25H26N2O5S. The minimum absolute atomic E-state index is 0.143. The minimum Gasteiger partial charge on any atom is -0.476 e. The smallest absolute Gasteiger partial charge is 0.267 e. The van der Waals surface area contributed by atoms with Crippen LogP contribution in [-0.2, 0) is 26.2 Å². The van der Waals surface area contributed by atoms with Crippen molar-refractivity contribution in [3.8, 4) is 5.75 Å². The third-order valence-electron chi connectivity index (χ3n) is 5.39. The molecule has 0 spiro atoms. The molecule has 7 nitrogen and oxygen atoms in total. The second-order valence-corrected chi connectivity index (χ2v) is 9.91. The van der Waals surface area contributed by atoms with Gasteiger partial charge in [-0.05, 0) is 61.4 Å². The summed E-state index contributed by atoms with van der Waals surface area (Å²) in [6, 6.07) is 19.2. The summed E-state index contributed by atoms with van der Waals surface area (Å²) >= 11 is 0. The topological polar surface area (TPSA) is 84.9 Å². The predicted octanol–water partition coefficient (Wildman–Crippen LogP) is 4.04. The summed E-state index contributed by atoms with van der Waals surface area (Å²) in [4.78, 5) is 13.3. The molecule has 1 heterocycles. The first-order valence-corrected chi connectivity index (χ1v) is 12.0. The summed E-state index contributed by atoms with van der Waals surface area (Å²) in [5.74, 6) is -0.0777. The summed E-state index contributed by atoms with van der Waals surface area (Å²) in [5, 5.41) is 2.83. The number of ether oxygens (including phenoxy) is 2. The summed E-state index contributed by atoms with van der Waals surface area (Å²) in [5.41, 5.74) is 3.76. The Kier molecular flexibility index (Phi) is 6.40. The number of aryl methyl sites for hydroxylation is 2. The van der Waals surface area contributed by atoms with Crippen molar-refractivity contribution in [2.45, 2.75) is 31.5 Å². The van der Waals surface area contributed by atoms with Crippen LogP contribution in [0.5, 0.6) is 5.75 Å².